The number of nitrogens with zero attached hydrogens (tertiary/aromatic N) is 3. The Balaban J connectivity index is 2.42. The molecule has 0 N–H and O–H groups in total. The Hall–Kier alpha value is -2.45. The summed E-state index contributed by atoms with van der Waals surface area (Å²) in [6.45, 7) is 1.56. The van der Waals surface area contributed by atoms with Gasteiger partial charge in [0.1, 0.15) is 5.69 Å². The van der Waals surface area contributed by atoms with Gasteiger partial charge in [0, 0.05) is 6.07 Å². The minimum Gasteiger partial charge on any atom is -0.358 e. The van der Waals surface area contributed by atoms with E-state index in [1.165, 1.54) is 36.4 Å². The molecule has 9 heteroatoms. The molecule has 0 saturated carbocycles. The zero-order valence-corrected chi connectivity index (χ0v) is 13.4. The molecule has 0 unspecified atom stereocenters. The van der Waals surface area contributed by atoms with Crippen molar-refractivity contribution >= 4 is 32.9 Å². The van der Waals surface area contributed by atoms with Crippen LogP contribution >= 0.6 is 11.6 Å². The van der Waals surface area contributed by atoms with E-state index in [0.29, 0.717) is 5.69 Å². The summed E-state index contributed by atoms with van der Waals surface area (Å²) in [4.78, 5) is 14.6. The number of pyridine rings is 1. The maximum absolute atomic E-state index is 12.7. The molecule has 0 saturated heterocycles. The molecular formula is C14H10ClN3O4S. The first kappa shape index (κ1) is 15.4. The summed E-state index contributed by atoms with van der Waals surface area (Å²) >= 11 is 5.98. The molecular weight excluding hydrogens is 342 g/mol. The Morgan fingerprint density at radius 2 is 1.83 bits per heavy atom. The topological polar surface area (TPSA) is 94.6 Å². The van der Waals surface area contributed by atoms with Crippen molar-refractivity contribution < 1.29 is 13.3 Å². The number of halogens is 1. The van der Waals surface area contributed by atoms with Crippen molar-refractivity contribution in [3.63, 3.8) is 0 Å². The van der Waals surface area contributed by atoms with Gasteiger partial charge in [-0.25, -0.2) is 8.42 Å². The van der Waals surface area contributed by atoms with Gasteiger partial charge in [-0.1, -0.05) is 29.8 Å². The van der Waals surface area contributed by atoms with Crippen LogP contribution < -0.4 is 0 Å². The summed E-state index contributed by atoms with van der Waals surface area (Å²) in [6, 6.07) is 10.4. The molecule has 0 atom stereocenters. The quantitative estimate of drug-likeness (QED) is 0.534. The van der Waals surface area contributed by atoms with Crippen LogP contribution in [0.1, 0.15) is 5.69 Å². The molecule has 0 aliphatic rings. The number of benzene rings is 1. The lowest BCUT2D eigenvalue weighted by Crippen LogP contribution is -2.07. The number of aromatic nitrogens is 2. The molecule has 7 nitrogen and oxygen atoms in total. The third-order valence-corrected chi connectivity index (χ3v) is 5.46. The van der Waals surface area contributed by atoms with E-state index in [4.69, 9.17) is 11.6 Å². The largest absolute Gasteiger partial charge is 0.367 e. The van der Waals surface area contributed by atoms with Crippen molar-refractivity contribution in [2.24, 2.45) is 0 Å². The number of fused-ring (bicyclic) bond motifs is 1. The van der Waals surface area contributed by atoms with Gasteiger partial charge in [0.05, 0.1) is 9.92 Å². The van der Waals surface area contributed by atoms with E-state index in [1.54, 1.807) is 13.0 Å². The highest BCUT2D eigenvalue weighted by Crippen LogP contribution is 2.32. The van der Waals surface area contributed by atoms with Crippen molar-refractivity contribution in [1.82, 2.24) is 9.38 Å². The van der Waals surface area contributed by atoms with E-state index in [0.717, 1.165) is 4.40 Å². The van der Waals surface area contributed by atoms with E-state index in [1.807, 2.05) is 0 Å². The van der Waals surface area contributed by atoms with Gasteiger partial charge in [-0.3, -0.25) is 0 Å². The summed E-state index contributed by atoms with van der Waals surface area (Å²) in [5, 5.41) is 11.2. The highest BCUT2D eigenvalue weighted by molar-refractivity contribution is 7.91. The maximum atomic E-state index is 12.7. The fraction of sp³-hybridized carbons (Fsp3) is 0.0714. The molecule has 3 rings (SSSR count). The number of nitro groups is 1. The number of rotatable bonds is 3. The molecule has 2 aromatic heterocycles. The zero-order valence-electron chi connectivity index (χ0n) is 11.8. The molecule has 0 radical (unpaired) electrons. The Morgan fingerprint density at radius 1 is 1.17 bits per heavy atom. The van der Waals surface area contributed by atoms with E-state index in [2.05, 4.69) is 4.98 Å². The molecule has 0 amide bonds. The van der Waals surface area contributed by atoms with E-state index < -0.39 is 25.6 Å². The van der Waals surface area contributed by atoms with Gasteiger partial charge in [0.15, 0.2) is 0 Å². The summed E-state index contributed by atoms with van der Waals surface area (Å²) in [6.07, 6.45) is 0. The smallest absolute Gasteiger partial charge is 0.358 e. The zero-order chi connectivity index (χ0) is 16.8. The van der Waals surface area contributed by atoms with Gasteiger partial charge in [-0.15, -0.1) is 0 Å². The normalized spacial score (nSPS) is 11.7. The van der Waals surface area contributed by atoms with Gasteiger partial charge in [-0.2, -0.15) is 9.38 Å². The minimum atomic E-state index is -4.12. The van der Waals surface area contributed by atoms with Crippen molar-refractivity contribution in [3.8, 4) is 0 Å². The molecule has 0 aliphatic carbocycles. The van der Waals surface area contributed by atoms with E-state index in [-0.39, 0.29) is 15.6 Å². The Bertz CT molecular complexity index is 1030. The monoisotopic (exact) mass is 351 g/mol. The lowest BCUT2D eigenvalue weighted by molar-refractivity contribution is -0.393. The number of hydrogen-bond acceptors (Lipinski definition) is 5. The number of imidazole rings is 1. The van der Waals surface area contributed by atoms with Crippen LogP contribution in [0, 0.1) is 17.0 Å². The second-order valence-corrected chi connectivity index (χ2v) is 7.05. The second-order valence-electron chi connectivity index (χ2n) is 4.77. The standard InChI is InChI=1S/C14H10ClN3O4S/c1-9-11(15)7-8-12-16-13(14(17(9)12)18(19)20)23(21,22)10-5-3-2-4-6-10/h2-8H,1H3. The fourth-order valence-corrected chi connectivity index (χ4v) is 3.78. The van der Waals surface area contributed by atoms with Crippen LogP contribution in [0.25, 0.3) is 5.65 Å². The van der Waals surface area contributed by atoms with Crippen molar-refractivity contribution in [3.05, 3.63) is 63.3 Å². The molecule has 0 bridgehead atoms. The lowest BCUT2D eigenvalue weighted by Gasteiger charge is -2.02. The first-order valence-corrected chi connectivity index (χ1v) is 8.32. The molecule has 0 aliphatic heterocycles. The van der Waals surface area contributed by atoms with Crippen LogP contribution in [0.3, 0.4) is 0 Å². The van der Waals surface area contributed by atoms with Crippen molar-refractivity contribution in [2.45, 2.75) is 16.8 Å². The van der Waals surface area contributed by atoms with Crippen LogP contribution in [0.2, 0.25) is 5.02 Å². The third kappa shape index (κ3) is 2.36. The molecule has 0 fully saturated rings. The first-order chi connectivity index (χ1) is 10.8. The SMILES string of the molecule is Cc1c(Cl)ccc2nc(S(=O)(=O)c3ccccc3)c([N+](=O)[O-])n12. The van der Waals surface area contributed by atoms with Gasteiger partial charge in [-0.05, 0) is 30.0 Å². The van der Waals surface area contributed by atoms with Crippen LogP contribution in [0.5, 0.6) is 0 Å². The van der Waals surface area contributed by atoms with Crippen molar-refractivity contribution in [2.75, 3.05) is 0 Å². The molecule has 3 aromatic rings. The van der Waals surface area contributed by atoms with Crippen LogP contribution in [-0.2, 0) is 9.84 Å². The highest BCUT2D eigenvalue weighted by Gasteiger charge is 2.34. The minimum absolute atomic E-state index is 0.0599. The van der Waals surface area contributed by atoms with Gasteiger partial charge >= 0.3 is 5.82 Å². The maximum Gasteiger partial charge on any atom is 0.367 e. The highest BCUT2D eigenvalue weighted by atomic mass is 35.5. The van der Waals surface area contributed by atoms with Crippen LogP contribution in [0.15, 0.2) is 52.4 Å². The van der Waals surface area contributed by atoms with Crippen LogP contribution in [-0.4, -0.2) is 22.7 Å². The van der Waals surface area contributed by atoms with E-state index >= 15 is 0 Å². The van der Waals surface area contributed by atoms with Gasteiger partial charge in [0.25, 0.3) is 5.03 Å². The van der Waals surface area contributed by atoms with E-state index in [9.17, 15) is 18.5 Å². The average molecular weight is 352 g/mol. The number of sulfone groups is 1. The van der Waals surface area contributed by atoms with Gasteiger partial charge < -0.3 is 10.1 Å². The van der Waals surface area contributed by atoms with Crippen molar-refractivity contribution in [1.29, 1.82) is 0 Å². The van der Waals surface area contributed by atoms with Crippen LogP contribution in [0.4, 0.5) is 5.82 Å². The lowest BCUT2D eigenvalue weighted by atomic mass is 10.3. The summed E-state index contributed by atoms with van der Waals surface area (Å²) < 4.78 is 26.6. The summed E-state index contributed by atoms with van der Waals surface area (Å²) in [5.41, 5.74) is 0.492. The fourth-order valence-electron chi connectivity index (χ4n) is 2.28. The Kier molecular flexibility index (Phi) is 3.57. The van der Waals surface area contributed by atoms with Gasteiger partial charge in [0.2, 0.25) is 15.5 Å². The average Bonchev–Trinajstić information content (AvgIpc) is 2.93. The second kappa shape index (κ2) is 5.32. The molecule has 23 heavy (non-hydrogen) atoms. The molecule has 118 valence electrons. The Labute approximate surface area is 136 Å². The predicted molar refractivity (Wildman–Crippen MR) is 83.5 cm³/mol. The predicted octanol–water partition coefficient (Wildman–Crippen LogP) is 3.04. The summed E-state index contributed by atoms with van der Waals surface area (Å²) in [7, 11) is -4.12. The molecule has 0 spiro atoms. The number of aryl methyl sites for hydroxylation is 1. The number of hydrogen-bond donors (Lipinski definition) is 0. The first-order valence-electron chi connectivity index (χ1n) is 6.46. The molecule has 1 aromatic carbocycles. The Morgan fingerprint density at radius 3 is 2.43 bits per heavy atom. The third-order valence-electron chi connectivity index (χ3n) is 3.39. The summed E-state index contributed by atoms with van der Waals surface area (Å²) in [5.74, 6) is -0.621. The molecule has 2 heterocycles.